The Labute approximate surface area is 107 Å². The van der Waals surface area contributed by atoms with Gasteiger partial charge in [0, 0.05) is 17.8 Å². The second-order valence-electron chi connectivity index (χ2n) is 4.77. The van der Waals surface area contributed by atoms with E-state index in [0.29, 0.717) is 5.56 Å². The van der Waals surface area contributed by atoms with Gasteiger partial charge >= 0.3 is 0 Å². The Morgan fingerprint density at radius 3 is 2.83 bits per heavy atom. The molecule has 1 aromatic rings. The van der Waals surface area contributed by atoms with E-state index < -0.39 is 0 Å². The van der Waals surface area contributed by atoms with Crippen molar-refractivity contribution in [3.05, 3.63) is 29.3 Å². The smallest absolute Gasteiger partial charge is 0.240 e. The topological polar surface area (TPSA) is 63.4 Å². The van der Waals surface area contributed by atoms with Gasteiger partial charge in [-0.05, 0) is 49.9 Å². The summed E-state index contributed by atoms with van der Waals surface area (Å²) < 4.78 is 0. The lowest BCUT2D eigenvalue weighted by Crippen LogP contribution is -2.48. The minimum absolute atomic E-state index is 0.223. The first-order valence-electron chi connectivity index (χ1n) is 6.25. The molecule has 0 aromatic heterocycles. The number of carbonyl (C=O) groups is 2. The van der Waals surface area contributed by atoms with Gasteiger partial charge in [0.1, 0.15) is 12.3 Å². The Morgan fingerprint density at radius 2 is 2.22 bits per heavy atom. The van der Waals surface area contributed by atoms with Crippen molar-refractivity contribution < 1.29 is 9.59 Å². The number of hydrogen-bond acceptors (Lipinski definition) is 3. The number of aldehydes is 1. The number of benzene rings is 1. The third kappa shape index (κ3) is 2.37. The molecule has 0 spiro atoms. The molecule has 0 bridgehead atoms. The minimum atomic E-state index is -0.270. The number of rotatable bonds is 3. The van der Waals surface area contributed by atoms with Crippen molar-refractivity contribution in [1.29, 1.82) is 0 Å². The molecule has 1 heterocycles. The van der Waals surface area contributed by atoms with Crippen molar-refractivity contribution in [2.45, 2.75) is 32.2 Å². The van der Waals surface area contributed by atoms with Gasteiger partial charge < -0.3 is 10.6 Å². The van der Waals surface area contributed by atoms with Gasteiger partial charge in [-0.15, -0.1) is 0 Å². The van der Waals surface area contributed by atoms with Crippen LogP contribution in [0.1, 0.15) is 35.2 Å². The number of amides is 1. The van der Waals surface area contributed by atoms with Crippen LogP contribution in [0.3, 0.4) is 0 Å². The molecule has 4 nitrogen and oxygen atoms in total. The number of anilines is 1. The largest absolute Gasteiger partial charge is 0.368 e. The van der Waals surface area contributed by atoms with Crippen molar-refractivity contribution >= 4 is 17.9 Å². The molecular formula is C14H18N2O2. The molecule has 1 fully saturated rings. The number of piperidine rings is 1. The van der Waals surface area contributed by atoms with E-state index in [9.17, 15) is 9.59 Å². The van der Waals surface area contributed by atoms with E-state index in [1.54, 1.807) is 6.07 Å². The SMILES string of the molecule is Cc1cc(C=O)ccc1N1CCCCC1C(N)=O. The van der Waals surface area contributed by atoms with Crippen LogP contribution in [-0.4, -0.2) is 24.8 Å². The Hall–Kier alpha value is -1.84. The molecule has 1 aliphatic heterocycles. The third-order valence-electron chi connectivity index (χ3n) is 3.50. The molecule has 0 saturated carbocycles. The van der Waals surface area contributed by atoms with Gasteiger partial charge in [-0.3, -0.25) is 9.59 Å². The Kier molecular flexibility index (Phi) is 3.65. The van der Waals surface area contributed by atoms with Gasteiger partial charge in [-0.25, -0.2) is 0 Å². The second-order valence-corrected chi connectivity index (χ2v) is 4.77. The van der Waals surface area contributed by atoms with Gasteiger partial charge in [0.15, 0.2) is 0 Å². The van der Waals surface area contributed by atoms with Crippen molar-refractivity contribution in [2.24, 2.45) is 5.73 Å². The Bertz CT molecular complexity index is 471. The molecule has 1 unspecified atom stereocenters. The molecule has 1 saturated heterocycles. The zero-order valence-corrected chi connectivity index (χ0v) is 10.6. The average molecular weight is 246 g/mol. The van der Waals surface area contributed by atoms with E-state index in [1.165, 1.54) is 0 Å². The standard InChI is InChI=1S/C14H18N2O2/c1-10-8-11(9-17)5-6-12(10)16-7-3-2-4-13(16)14(15)18/h5-6,8-9,13H,2-4,7H2,1H3,(H2,15,18). The van der Waals surface area contributed by atoms with Crippen LogP contribution >= 0.6 is 0 Å². The molecule has 1 aliphatic rings. The fourth-order valence-corrected chi connectivity index (χ4v) is 2.59. The molecule has 1 amide bonds. The Morgan fingerprint density at radius 1 is 1.44 bits per heavy atom. The van der Waals surface area contributed by atoms with Crippen LogP contribution in [-0.2, 0) is 4.79 Å². The molecule has 4 heteroatoms. The third-order valence-corrected chi connectivity index (χ3v) is 3.50. The first-order valence-corrected chi connectivity index (χ1v) is 6.25. The molecule has 1 atom stereocenters. The van der Waals surface area contributed by atoms with E-state index in [2.05, 4.69) is 4.90 Å². The molecule has 18 heavy (non-hydrogen) atoms. The van der Waals surface area contributed by atoms with E-state index in [1.807, 2.05) is 19.1 Å². The van der Waals surface area contributed by atoms with Crippen LogP contribution in [0.2, 0.25) is 0 Å². The number of hydrogen-bond donors (Lipinski definition) is 1. The van der Waals surface area contributed by atoms with Crippen LogP contribution in [0.5, 0.6) is 0 Å². The highest BCUT2D eigenvalue weighted by molar-refractivity contribution is 5.85. The van der Waals surface area contributed by atoms with Crippen molar-refractivity contribution in [3.8, 4) is 0 Å². The molecular weight excluding hydrogens is 228 g/mol. The van der Waals surface area contributed by atoms with Crippen molar-refractivity contribution in [2.75, 3.05) is 11.4 Å². The number of nitrogens with two attached hydrogens (primary N) is 1. The normalized spacial score (nSPS) is 19.6. The van der Waals surface area contributed by atoms with Gasteiger partial charge in [0.2, 0.25) is 5.91 Å². The molecule has 1 aromatic carbocycles. The fraction of sp³-hybridized carbons (Fsp3) is 0.429. The second kappa shape index (κ2) is 5.21. The maximum atomic E-state index is 11.5. The monoisotopic (exact) mass is 246 g/mol. The summed E-state index contributed by atoms with van der Waals surface area (Å²) >= 11 is 0. The first kappa shape index (κ1) is 12.6. The molecule has 0 aliphatic carbocycles. The summed E-state index contributed by atoms with van der Waals surface area (Å²) in [6, 6.07) is 5.30. The molecule has 0 radical (unpaired) electrons. The van der Waals surface area contributed by atoms with Crippen molar-refractivity contribution in [3.63, 3.8) is 0 Å². The van der Waals surface area contributed by atoms with Gasteiger partial charge in [0.25, 0.3) is 0 Å². The quantitative estimate of drug-likeness (QED) is 0.825. The zero-order chi connectivity index (χ0) is 13.1. The first-order chi connectivity index (χ1) is 8.63. The van der Waals surface area contributed by atoms with E-state index in [0.717, 1.165) is 43.3 Å². The Balaban J connectivity index is 2.33. The molecule has 2 N–H and O–H groups in total. The lowest BCUT2D eigenvalue weighted by atomic mass is 9.99. The summed E-state index contributed by atoms with van der Waals surface area (Å²) in [5.74, 6) is -0.270. The van der Waals surface area contributed by atoms with Gasteiger partial charge in [0.05, 0.1) is 0 Å². The van der Waals surface area contributed by atoms with Crippen LogP contribution in [0.25, 0.3) is 0 Å². The van der Waals surface area contributed by atoms with Gasteiger partial charge in [-0.1, -0.05) is 0 Å². The lowest BCUT2D eigenvalue weighted by molar-refractivity contribution is -0.119. The van der Waals surface area contributed by atoms with Crippen LogP contribution < -0.4 is 10.6 Å². The summed E-state index contributed by atoms with van der Waals surface area (Å²) in [6.07, 6.45) is 3.75. The van der Waals surface area contributed by atoms with Crippen LogP contribution in [0.4, 0.5) is 5.69 Å². The van der Waals surface area contributed by atoms with Crippen molar-refractivity contribution in [1.82, 2.24) is 0 Å². The number of nitrogens with zero attached hydrogens (tertiary/aromatic N) is 1. The van der Waals surface area contributed by atoms with E-state index in [-0.39, 0.29) is 11.9 Å². The summed E-state index contributed by atoms with van der Waals surface area (Å²) in [5.41, 5.74) is 8.13. The maximum Gasteiger partial charge on any atom is 0.240 e. The molecule has 2 rings (SSSR count). The minimum Gasteiger partial charge on any atom is -0.368 e. The summed E-state index contributed by atoms with van der Waals surface area (Å²) in [5, 5.41) is 0. The number of primary amides is 1. The fourth-order valence-electron chi connectivity index (χ4n) is 2.59. The lowest BCUT2D eigenvalue weighted by Gasteiger charge is -2.36. The summed E-state index contributed by atoms with van der Waals surface area (Å²) in [7, 11) is 0. The summed E-state index contributed by atoms with van der Waals surface area (Å²) in [6.45, 7) is 2.80. The highest BCUT2D eigenvalue weighted by Gasteiger charge is 2.27. The highest BCUT2D eigenvalue weighted by Crippen LogP contribution is 2.28. The highest BCUT2D eigenvalue weighted by atomic mass is 16.1. The van der Waals surface area contributed by atoms with Gasteiger partial charge in [-0.2, -0.15) is 0 Å². The van der Waals surface area contributed by atoms with E-state index >= 15 is 0 Å². The zero-order valence-electron chi connectivity index (χ0n) is 10.6. The van der Waals surface area contributed by atoms with Crippen LogP contribution in [0, 0.1) is 6.92 Å². The summed E-state index contributed by atoms with van der Waals surface area (Å²) in [4.78, 5) is 24.3. The van der Waals surface area contributed by atoms with Crippen LogP contribution in [0.15, 0.2) is 18.2 Å². The molecule has 96 valence electrons. The number of carbonyl (C=O) groups excluding carboxylic acids is 2. The maximum absolute atomic E-state index is 11.5. The number of aryl methyl sites for hydroxylation is 1. The van der Waals surface area contributed by atoms with E-state index in [4.69, 9.17) is 5.73 Å². The predicted molar refractivity (Wildman–Crippen MR) is 70.7 cm³/mol. The average Bonchev–Trinajstić information content (AvgIpc) is 2.38. The predicted octanol–water partition coefficient (Wildman–Crippen LogP) is 1.65.